The van der Waals surface area contributed by atoms with Gasteiger partial charge in [0, 0.05) is 23.4 Å². The lowest BCUT2D eigenvalue weighted by molar-refractivity contribution is -0.124. The Kier molecular flexibility index (Phi) is 8.29. The van der Waals surface area contributed by atoms with Crippen LogP contribution in [0, 0.1) is 5.92 Å². The smallest absolute Gasteiger partial charge is 0.348 e. The van der Waals surface area contributed by atoms with Gasteiger partial charge in [-0.05, 0) is 69.8 Å². The highest BCUT2D eigenvalue weighted by Crippen LogP contribution is 2.42. The van der Waals surface area contributed by atoms with Crippen molar-refractivity contribution in [3.8, 4) is 0 Å². The number of carboxylic acids is 1. The van der Waals surface area contributed by atoms with Crippen LogP contribution in [0.15, 0.2) is 17.7 Å². The molecule has 2 atom stereocenters. The molecule has 7 nitrogen and oxygen atoms in total. The van der Waals surface area contributed by atoms with Crippen LogP contribution in [-0.2, 0) is 19.7 Å². The van der Waals surface area contributed by atoms with Gasteiger partial charge in [0.1, 0.15) is 4.88 Å². The molecule has 1 aromatic heterocycles. The Labute approximate surface area is 218 Å². The highest BCUT2D eigenvalue weighted by atomic mass is 32.1. The van der Waals surface area contributed by atoms with Crippen LogP contribution >= 0.6 is 11.3 Å². The van der Waals surface area contributed by atoms with Crippen LogP contribution in [0.25, 0.3) is 0 Å². The molecule has 0 radical (unpaired) electrons. The summed E-state index contributed by atoms with van der Waals surface area (Å²) >= 11 is 1.27. The van der Waals surface area contributed by atoms with Gasteiger partial charge in [0.2, 0.25) is 5.91 Å². The molecule has 0 spiro atoms. The molecule has 4 rings (SSSR count). The van der Waals surface area contributed by atoms with Gasteiger partial charge in [-0.15, -0.1) is 11.3 Å². The van der Waals surface area contributed by atoms with Gasteiger partial charge in [-0.25, -0.2) is 4.79 Å². The number of anilines is 1. The number of thiophene rings is 1. The summed E-state index contributed by atoms with van der Waals surface area (Å²) in [4.78, 5) is 29.3. The number of amides is 1. The fourth-order valence-corrected chi connectivity index (χ4v) is 6.47. The Bertz CT molecular complexity index is 979. The second-order valence-corrected chi connectivity index (χ2v) is 12.9. The molecule has 1 aromatic rings. The maximum Gasteiger partial charge on any atom is 0.348 e. The number of allylic oxidation sites excluding steroid dienone is 2. The number of nitrogens with zero attached hydrogens (tertiary/aromatic N) is 1. The molecule has 36 heavy (non-hydrogen) atoms. The van der Waals surface area contributed by atoms with Crippen molar-refractivity contribution in [1.29, 1.82) is 0 Å². The van der Waals surface area contributed by atoms with Crippen molar-refractivity contribution >= 4 is 28.9 Å². The molecule has 2 N–H and O–H groups in total. The molecule has 8 heteroatoms. The Hall–Kier alpha value is -1.74. The SMILES string of the molecule is CC1=CCC(C(=O)N(c2cc(C(C)(C)C)sc2C(=O)O)C2CCC(O)(CO[C@H]3CCOC3)CC2)CC1. The first-order valence-electron chi connectivity index (χ1n) is 13.2. The topological polar surface area (TPSA) is 96.3 Å². The molecule has 1 saturated heterocycles. The molecule has 2 fully saturated rings. The average molecular weight is 520 g/mol. The van der Waals surface area contributed by atoms with Gasteiger partial charge in [-0.1, -0.05) is 32.4 Å². The number of carboxylic acid groups (broad SMARTS) is 1. The van der Waals surface area contributed by atoms with Crippen LogP contribution in [0.4, 0.5) is 5.69 Å². The molecule has 1 amide bonds. The van der Waals surface area contributed by atoms with Crippen LogP contribution in [0.1, 0.15) is 93.6 Å². The predicted molar refractivity (Wildman–Crippen MR) is 141 cm³/mol. The molecule has 0 bridgehead atoms. The van der Waals surface area contributed by atoms with Gasteiger partial charge in [-0.3, -0.25) is 4.79 Å². The summed E-state index contributed by atoms with van der Waals surface area (Å²) in [6.07, 6.45) is 7.62. The molecule has 0 aromatic carbocycles. The molecular formula is C28H41NO6S. The molecule has 2 heterocycles. The number of hydrogen-bond acceptors (Lipinski definition) is 6. The van der Waals surface area contributed by atoms with E-state index in [1.807, 2.05) is 6.07 Å². The van der Waals surface area contributed by atoms with Gasteiger partial charge in [-0.2, -0.15) is 0 Å². The minimum Gasteiger partial charge on any atom is -0.477 e. The molecule has 1 unspecified atom stereocenters. The Morgan fingerprint density at radius 2 is 1.94 bits per heavy atom. The number of hydrogen-bond donors (Lipinski definition) is 2. The van der Waals surface area contributed by atoms with Crippen molar-refractivity contribution in [2.24, 2.45) is 5.92 Å². The van der Waals surface area contributed by atoms with E-state index in [0.717, 1.165) is 24.1 Å². The fourth-order valence-electron chi connectivity index (χ4n) is 5.42. The first-order valence-corrected chi connectivity index (χ1v) is 14.1. The maximum atomic E-state index is 14.0. The summed E-state index contributed by atoms with van der Waals surface area (Å²) in [5.74, 6) is -1.14. The highest BCUT2D eigenvalue weighted by Gasteiger charge is 2.41. The van der Waals surface area contributed by atoms with Crippen molar-refractivity contribution in [3.05, 3.63) is 27.5 Å². The van der Waals surface area contributed by atoms with Gasteiger partial charge in [0.05, 0.1) is 30.6 Å². The summed E-state index contributed by atoms with van der Waals surface area (Å²) in [6, 6.07) is 1.76. The monoisotopic (exact) mass is 519 g/mol. The van der Waals surface area contributed by atoms with E-state index in [2.05, 4.69) is 33.8 Å². The predicted octanol–water partition coefficient (Wildman–Crippen LogP) is 5.30. The van der Waals surface area contributed by atoms with Crippen molar-refractivity contribution in [1.82, 2.24) is 0 Å². The van der Waals surface area contributed by atoms with Crippen molar-refractivity contribution in [3.63, 3.8) is 0 Å². The third kappa shape index (κ3) is 6.21. The number of aliphatic hydroxyl groups is 1. The van der Waals surface area contributed by atoms with Crippen molar-refractivity contribution < 1.29 is 29.3 Å². The zero-order valence-corrected chi connectivity index (χ0v) is 22.9. The number of carbonyl (C=O) groups excluding carboxylic acids is 1. The summed E-state index contributed by atoms with van der Waals surface area (Å²) in [7, 11) is 0. The number of rotatable bonds is 7. The third-order valence-electron chi connectivity index (χ3n) is 7.86. The molecular weight excluding hydrogens is 478 g/mol. The normalized spacial score (nSPS) is 29.1. The molecule has 3 aliphatic rings. The van der Waals surface area contributed by atoms with E-state index in [1.165, 1.54) is 16.9 Å². The molecule has 2 aliphatic carbocycles. The second-order valence-electron chi connectivity index (χ2n) is 11.9. The largest absolute Gasteiger partial charge is 0.477 e. The summed E-state index contributed by atoms with van der Waals surface area (Å²) in [6.45, 7) is 9.81. The van der Waals surface area contributed by atoms with Crippen molar-refractivity contribution in [2.45, 2.75) is 102 Å². The highest BCUT2D eigenvalue weighted by molar-refractivity contribution is 7.14. The lowest BCUT2D eigenvalue weighted by atomic mass is 9.81. The standard InChI is InChI=1S/C28H41NO6S/c1-18-5-7-19(8-6-18)25(30)29(22-15-23(27(2,3)4)36-24(22)26(31)32)20-9-12-28(33,13-10-20)17-35-21-11-14-34-16-21/h5,15,19-21,33H,6-14,16-17H2,1-4H3,(H,31,32)/t19?,20?,21-,28?/m0/s1. The van der Waals surface area contributed by atoms with E-state index < -0.39 is 11.6 Å². The number of carbonyl (C=O) groups is 2. The fraction of sp³-hybridized carbons (Fsp3) is 0.714. The average Bonchev–Trinajstić information content (AvgIpc) is 3.50. The van der Waals surface area contributed by atoms with E-state index in [1.54, 1.807) is 4.90 Å². The van der Waals surface area contributed by atoms with Crippen LogP contribution in [0.2, 0.25) is 0 Å². The van der Waals surface area contributed by atoms with E-state index in [0.29, 0.717) is 51.0 Å². The summed E-state index contributed by atoms with van der Waals surface area (Å²) < 4.78 is 11.3. The van der Waals surface area contributed by atoms with E-state index >= 15 is 0 Å². The molecule has 1 aliphatic heterocycles. The molecule has 1 saturated carbocycles. The Morgan fingerprint density at radius 3 is 2.50 bits per heavy atom. The maximum absolute atomic E-state index is 14.0. The Balaban J connectivity index is 1.58. The van der Waals surface area contributed by atoms with E-state index in [9.17, 15) is 19.8 Å². The van der Waals surface area contributed by atoms with Crippen LogP contribution in [0.3, 0.4) is 0 Å². The van der Waals surface area contributed by atoms with Crippen LogP contribution < -0.4 is 4.90 Å². The summed E-state index contributed by atoms with van der Waals surface area (Å²) in [5.41, 5.74) is 0.668. The van der Waals surface area contributed by atoms with Gasteiger partial charge < -0.3 is 24.6 Å². The lowest BCUT2D eigenvalue weighted by Gasteiger charge is -2.42. The van der Waals surface area contributed by atoms with Gasteiger partial charge in [0.15, 0.2) is 0 Å². The Morgan fingerprint density at radius 1 is 1.22 bits per heavy atom. The first-order chi connectivity index (χ1) is 17.0. The second kappa shape index (κ2) is 10.9. The summed E-state index contributed by atoms with van der Waals surface area (Å²) in [5, 5.41) is 21.3. The van der Waals surface area contributed by atoms with Gasteiger partial charge >= 0.3 is 5.97 Å². The van der Waals surface area contributed by atoms with E-state index in [-0.39, 0.29) is 40.9 Å². The number of ether oxygens (including phenoxy) is 2. The van der Waals surface area contributed by atoms with Crippen LogP contribution in [0.5, 0.6) is 0 Å². The number of aromatic carboxylic acids is 1. The lowest BCUT2D eigenvalue weighted by Crippen LogP contribution is -2.50. The first kappa shape index (κ1) is 27.3. The van der Waals surface area contributed by atoms with Gasteiger partial charge in [0.25, 0.3) is 0 Å². The third-order valence-corrected chi connectivity index (χ3v) is 9.39. The minimum atomic E-state index is -0.998. The zero-order valence-electron chi connectivity index (χ0n) is 22.0. The van der Waals surface area contributed by atoms with Crippen molar-refractivity contribution in [2.75, 3.05) is 24.7 Å². The minimum absolute atomic E-state index is 0.00861. The molecule has 200 valence electrons. The quantitative estimate of drug-likeness (QED) is 0.475. The van der Waals surface area contributed by atoms with E-state index in [4.69, 9.17) is 9.47 Å². The van der Waals surface area contributed by atoms with Crippen LogP contribution in [-0.4, -0.2) is 59.7 Å². The zero-order chi connectivity index (χ0) is 26.1.